The number of nitrogens with one attached hydrogen (secondary N) is 3. The topological polar surface area (TPSA) is 123 Å². The van der Waals surface area contributed by atoms with Gasteiger partial charge in [0.05, 0.1) is 17.3 Å². The van der Waals surface area contributed by atoms with Gasteiger partial charge in [0.1, 0.15) is 11.9 Å². The van der Waals surface area contributed by atoms with Crippen LogP contribution in [0.15, 0.2) is 67.1 Å². The Morgan fingerprint density at radius 3 is 2.55 bits per heavy atom. The molecule has 2 aromatic heterocycles. The van der Waals surface area contributed by atoms with E-state index in [2.05, 4.69) is 31.2 Å². The average molecular weight is 445 g/mol. The molecule has 0 bridgehead atoms. The smallest absolute Gasteiger partial charge is 0.426 e. The van der Waals surface area contributed by atoms with Crippen molar-refractivity contribution >= 4 is 34.5 Å². The lowest BCUT2D eigenvalue weighted by atomic mass is 10.2. The largest absolute Gasteiger partial charge is 0.443 e. The second-order valence-electron chi connectivity index (χ2n) is 8.14. The summed E-state index contributed by atoms with van der Waals surface area (Å²) in [6, 6.07) is 16.2. The van der Waals surface area contributed by atoms with Crippen LogP contribution in [0.3, 0.4) is 0 Å². The lowest BCUT2D eigenvalue weighted by Gasteiger charge is -2.19. The van der Waals surface area contributed by atoms with Crippen LogP contribution < -0.4 is 16.2 Å². The number of hydrogen-bond donors (Lipinski definition) is 3. The Morgan fingerprint density at radius 2 is 1.79 bits per heavy atom. The van der Waals surface area contributed by atoms with Crippen LogP contribution >= 0.6 is 0 Å². The normalized spacial score (nSPS) is 11.1. The number of aromatic nitrogens is 4. The SMILES string of the molecule is CC(C)(C)OC(=O)NNc1ncnc2c1cnn2-c1cccc(NC(=O)c2ccccc2)c1. The number of amides is 2. The number of fused-ring (bicyclic) bond motifs is 1. The van der Waals surface area contributed by atoms with Crippen molar-refractivity contribution in [2.24, 2.45) is 0 Å². The quantitative estimate of drug-likeness (QED) is 0.398. The summed E-state index contributed by atoms with van der Waals surface area (Å²) in [6.45, 7) is 5.32. The summed E-state index contributed by atoms with van der Waals surface area (Å²) < 4.78 is 6.83. The second kappa shape index (κ2) is 8.95. The molecule has 4 aromatic rings. The minimum absolute atomic E-state index is 0.208. The van der Waals surface area contributed by atoms with E-state index in [1.54, 1.807) is 55.9 Å². The zero-order valence-electron chi connectivity index (χ0n) is 18.4. The standard InChI is InChI=1S/C23H23N7O3/c1-23(2,3)33-22(32)29-28-19-18-13-26-30(20(18)25-14-24-19)17-11-7-10-16(12-17)27-21(31)15-8-5-4-6-9-15/h4-14H,1-3H3,(H,27,31)(H,29,32)(H,24,25,28). The maximum Gasteiger partial charge on any atom is 0.426 e. The Labute approximate surface area is 190 Å². The average Bonchev–Trinajstić information content (AvgIpc) is 3.22. The molecule has 3 N–H and O–H groups in total. The van der Waals surface area contributed by atoms with Crippen molar-refractivity contribution in [3.05, 3.63) is 72.7 Å². The van der Waals surface area contributed by atoms with E-state index in [9.17, 15) is 9.59 Å². The predicted molar refractivity (Wildman–Crippen MR) is 124 cm³/mol. The molecule has 168 valence electrons. The Balaban J connectivity index is 1.55. The molecule has 0 spiro atoms. The highest BCUT2D eigenvalue weighted by atomic mass is 16.6. The highest BCUT2D eigenvalue weighted by Crippen LogP contribution is 2.23. The summed E-state index contributed by atoms with van der Waals surface area (Å²) in [4.78, 5) is 32.9. The van der Waals surface area contributed by atoms with Gasteiger partial charge in [0.15, 0.2) is 11.5 Å². The van der Waals surface area contributed by atoms with Gasteiger partial charge in [-0.05, 0) is 51.1 Å². The number of benzene rings is 2. The molecule has 0 aliphatic carbocycles. The molecule has 0 aliphatic heterocycles. The number of hydrogen-bond acceptors (Lipinski definition) is 7. The minimum atomic E-state index is -0.636. The molecule has 2 amide bonds. The van der Waals surface area contributed by atoms with Crippen LogP contribution in [0.2, 0.25) is 0 Å². The molecule has 2 aromatic carbocycles. The van der Waals surface area contributed by atoms with Crippen LogP contribution in [0.25, 0.3) is 16.7 Å². The summed E-state index contributed by atoms with van der Waals surface area (Å²) in [5.74, 6) is 0.158. The van der Waals surface area contributed by atoms with E-state index < -0.39 is 11.7 Å². The number of rotatable bonds is 5. The van der Waals surface area contributed by atoms with Crippen LogP contribution in [0, 0.1) is 0 Å². The fraction of sp³-hybridized carbons (Fsp3) is 0.174. The first-order valence-corrected chi connectivity index (χ1v) is 10.2. The van der Waals surface area contributed by atoms with Gasteiger partial charge in [0, 0.05) is 11.3 Å². The van der Waals surface area contributed by atoms with Crippen molar-refractivity contribution in [1.29, 1.82) is 0 Å². The van der Waals surface area contributed by atoms with Gasteiger partial charge in [0.25, 0.3) is 5.91 Å². The van der Waals surface area contributed by atoms with Crippen LogP contribution in [-0.2, 0) is 4.74 Å². The Morgan fingerprint density at radius 1 is 1.00 bits per heavy atom. The number of hydrazine groups is 1. The fourth-order valence-corrected chi connectivity index (χ4v) is 3.05. The number of ether oxygens (including phenoxy) is 1. The second-order valence-corrected chi connectivity index (χ2v) is 8.14. The molecule has 0 saturated carbocycles. The highest BCUT2D eigenvalue weighted by molar-refractivity contribution is 6.04. The first kappa shape index (κ1) is 21.8. The third-order valence-electron chi connectivity index (χ3n) is 4.43. The summed E-state index contributed by atoms with van der Waals surface area (Å²) in [6.07, 6.45) is 2.31. The van der Waals surface area contributed by atoms with Gasteiger partial charge < -0.3 is 10.1 Å². The van der Waals surface area contributed by atoms with Gasteiger partial charge in [-0.15, -0.1) is 0 Å². The summed E-state index contributed by atoms with van der Waals surface area (Å²) in [7, 11) is 0. The molecule has 4 rings (SSSR count). The summed E-state index contributed by atoms with van der Waals surface area (Å²) >= 11 is 0. The number of carbonyl (C=O) groups excluding carboxylic acids is 2. The minimum Gasteiger partial charge on any atom is -0.443 e. The van der Waals surface area contributed by atoms with Gasteiger partial charge >= 0.3 is 6.09 Å². The number of anilines is 2. The van der Waals surface area contributed by atoms with Gasteiger partial charge in [-0.2, -0.15) is 5.10 Å². The molecule has 0 radical (unpaired) electrons. The molecule has 0 unspecified atom stereocenters. The molecule has 2 heterocycles. The molecule has 0 atom stereocenters. The van der Waals surface area contributed by atoms with Crippen molar-refractivity contribution < 1.29 is 14.3 Å². The van der Waals surface area contributed by atoms with Crippen LogP contribution in [0.1, 0.15) is 31.1 Å². The van der Waals surface area contributed by atoms with E-state index in [0.717, 1.165) is 0 Å². The predicted octanol–water partition coefficient (Wildman–Crippen LogP) is 3.92. The van der Waals surface area contributed by atoms with E-state index in [1.165, 1.54) is 6.33 Å². The van der Waals surface area contributed by atoms with E-state index in [-0.39, 0.29) is 5.91 Å². The Hall–Kier alpha value is -4.47. The number of carbonyl (C=O) groups is 2. The Bertz CT molecular complexity index is 1300. The van der Waals surface area contributed by atoms with Crippen LogP contribution in [0.5, 0.6) is 0 Å². The molecular formula is C23H23N7O3. The van der Waals surface area contributed by atoms with Gasteiger partial charge in [-0.25, -0.2) is 24.9 Å². The van der Waals surface area contributed by atoms with Gasteiger partial charge in [-0.3, -0.25) is 10.2 Å². The van der Waals surface area contributed by atoms with E-state index in [0.29, 0.717) is 33.8 Å². The summed E-state index contributed by atoms with van der Waals surface area (Å²) in [5.41, 5.74) is 6.97. The fourth-order valence-electron chi connectivity index (χ4n) is 3.05. The first-order chi connectivity index (χ1) is 15.8. The Kier molecular flexibility index (Phi) is 5.90. The van der Waals surface area contributed by atoms with Gasteiger partial charge in [-0.1, -0.05) is 24.3 Å². The van der Waals surface area contributed by atoms with Crippen LogP contribution in [0.4, 0.5) is 16.3 Å². The lowest BCUT2D eigenvalue weighted by molar-refractivity contribution is 0.0540. The monoisotopic (exact) mass is 445 g/mol. The zero-order chi connectivity index (χ0) is 23.4. The maximum absolute atomic E-state index is 12.5. The maximum atomic E-state index is 12.5. The molecular weight excluding hydrogens is 422 g/mol. The molecule has 0 aliphatic rings. The van der Waals surface area contributed by atoms with Crippen molar-refractivity contribution in [3.8, 4) is 5.69 Å². The van der Waals surface area contributed by atoms with Crippen molar-refractivity contribution in [2.75, 3.05) is 10.7 Å². The highest BCUT2D eigenvalue weighted by Gasteiger charge is 2.17. The third kappa shape index (κ3) is 5.24. The lowest BCUT2D eigenvalue weighted by Crippen LogP contribution is -2.36. The molecule has 10 nitrogen and oxygen atoms in total. The van der Waals surface area contributed by atoms with Crippen molar-refractivity contribution in [3.63, 3.8) is 0 Å². The number of nitrogens with zero attached hydrogens (tertiary/aromatic N) is 4. The summed E-state index contributed by atoms with van der Waals surface area (Å²) in [5, 5.41) is 7.88. The van der Waals surface area contributed by atoms with Crippen molar-refractivity contribution in [2.45, 2.75) is 26.4 Å². The molecule has 0 saturated heterocycles. The van der Waals surface area contributed by atoms with E-state index in [4.69, 9.17) is 4.74 Å². The zero-order valence-corrected chi connectivity index (χ0v) is 18.4. The van der Waals surface area contributed by atoms with Gasteiger partial charge in [0.2, 0.25) is 0 Å². The van der Waals surface area contributed by atoms with E-state index >= 15 is 0 Å². The molecule has 33 heavy (non-hydrogen) atoms. The third-order valence-corrected chi connectivity index (χ3v) is 4.43. The molecule has 10 heteroatoms. The van der Waals surface area contributed by atoms with E-state index in [1.807, 2.05) is 30.3 Å². The first-order valence-electron chi connectivity index (χ1n) is 10.2. The van der Waals surface area contributed by atoms with Crippen molar-refractivity contribution in [1.82, 2.24) is 25.2 Å². The molecule has 0 fully saturated rings. The van der Waals surface area contributed by atoms with Crippen LogP contribution in [-0.4, -0.2) is 37.3 Å².